The summed E-state index contributed by atoms with van der Waals surface area (Å²) >= 11 is 0. The molecule has 0 radical (unpaired) electrons. The van der Waals surface area contributed by atoms with Crippen molar-refractivity contribution in [3.8, 4) is 0 Å². The quantitative estimate of drug-likeness (QED) is 0.422. The number of benzene rings is 1. The van der Waals surface area contributed by atoms with Gasteiger partial charge < -0.3 is 9.47 Å². The van der Waals surface area contributed by atoms with Gasteiger partial charge in [-0.3, -0.25) is 4.79 Å². The number of carbonyl (C=O) groups excluding carboxylic acids is 2. The third kappa shape index (κ3) is 4.91. The van der Waals surface area contributed by atoms with Crippen molar-refractivity contribution >= 4 is 18.0 Å². The van der Waals surface area contributed by atoms with E-state index in [1.165, 1.54) is 13.0 Å². The zero-order valence-corrected chi connectivity index (χ0v) is 15.8. The first-order chi connectivity index (χ1) is 12.9. The Morgan fingerprint density at radius 1 is 1.19 bits per heavy atom. The lowest BCUT2D eigenvalue weighted by Gasteiger charge is -2.30. The van der Waals surface area contributed by atoms with Crippen LogP contribution in [0.2, 0.25) is 0 Å². The van der Waals surface area contributed by atoms with Gasteiger partial charge >= 0.3 is 11.9 Å². The molecule has 1 atom stereocenters. The summed E-state index contributed by atoms with van der Waals surface area (Å²) < 4.78 is 10.6. The van der Waals surface area contributed by atoms with Crippen molar-refractivity contribution in [2.45, 2.75) is 26.4 Å². The Balaban J connectivity index is 2.51. The summed E-state index contributed by atoms with van der Waals surface area (Å²) in [5.41, 5.74) is 1.61. The first-order valence-corrected chi connectivity index (χ1v) is 8.64. The van der Waals surface area contributed by atoms with Crippen LogP contribution in [-0.2, 0) is 24.7 Å². The fourth-order valence-corrected chi connectivity index (χ4v) is 2.65. The SMILES string of the molecule is C=CC(OC(C)=O)(c1ccc(C)cc1)c1cccc(C=CC(=O)OCC)n1. The maximum absolute atomic E-state index is 11.8. The van der Waals surface area contributed by atoms with Crippen molar-refractivity contribution in [1.82, 2.24) is 4.98 Å². The first-order valence-electron chi connectivity index (χ1n) is 8.64. The predicted molar refractivity (Wildman–Crippen MR) is 104 cm³/mol. The highest BCUT2D eigenvalue weighted by atomic mass is 16.6. The van der Waals surface area contributed by atoms with Gasteiger partial charge in [-0.25, -0.2) is 9.78 Å². The minimum Gasteiger partial charge on any atom is -0.463 e. The fourth-order valence-electron chi connectivity index (χ4n) is 2.65. The first kappa shape index (κ1) is 20.1. The van der Waals surface area contributed by atoms with Crippen LogP contribution >= 0.6 is 0 Å². The predicted octanol–water partition coefficient (Wildman–Crippen LogP) is 3.96. The number of esters is 2. The second kappa shape index (κ2) is 8.94. The molecule has 0 N–H and O–H groups in total. The average molecular weight is 365 g/mol. The van der Waals surface area contributed by atoms with Crippen molar-refractivity contribution < 1.29 is 19.1 Å². The largest absolute Gasteiger partial charge is 0.463 e. The van der Waals surface area contributed by atoms with Gasteiger partial charge in [0, 0.05) is 18.6 Å². The normalized spacial score (nSPS) is 13.0. The number of aryl methyl sites for hydroxylation is 1. The van der Waals surface area contributed by atoms with Gasteiger partial charge in [-0.05, 0) is 38.1 Å². The van der Waals surface area contributed by atoms with E-state index in [2.05, 4.69) is 11.6 Å². The van der Waals surface area contributed by atoms with Crippen LogP contribution in [0.4, 0.5) is 0 Å². The molecule has 140 valence electrons. The zero-order valence-electron chi connectivity index (χ0n) is 15.8. The summed E-state index contributed by atoms with van der Waals surface area (Å²) in [5, 5.41) is 0. The van der Waals surface area contributed by atoms with E-state index in [1.54, 1.807) is 37.3 Å². The van der Waals surface area contributed by atoms with Gasteiger partial charge in [-0.15, -0.1) is 0 Å². The molecular formula is C22H23NO4. The molecule has 0 aliphatic rings. The standard InChI is InChI=1S/C22H23NO4/c1-5-22(27-17(4)24,18-12-10-16(3)11-13-18)20-9-7-8-19(23-20)14-15-21(25)26-6-2/h5,7-15H,1,6H2,2-4H3. The van der Waals surface area contributed by atoms with E-state index in [-0.39, 0.29) is 0 Å². The van der Waals surface area contributed by atoms with Gasteiger partial charge in [0.05, 0.1) is 18.0 Å². The van der Waals surface area contributed by atoms with Crippen LogP contribution in [0.5, 0.6) is 0 Å². The van der Waals surface area contributed by atoms with Crippen molar-refractivity contribution in [2.24, 2.45) is 0 Å². The molecule has 2 rings (SSSR count). The van der Waals surface area contributed by atoms with Crippen molar-refractivity contribution in [3.05, 3.63) is 83.7 Å². The molecule has 1 aromatic carbocycles. The van der Waals surface area contributed by atoms with Crippen molar-refractivity contribution in [1.29, 1.82) is 0 Å². The number of aromatic nitrogens is 1. The minimum absolute atomic E-state index is 0.302. The van der Waals surface area contributed by atoms with Crippen LogP contribution in [0.15, 0.2) is 61.2 Å². The molecule has 0 saturated heterocycles. The van der Waals surface area contributed by atoms with Crippen LogP contribution < -0.4 is 0 Å². The zero-order chi connectivity index (χ0) is 19.9. The molecule has 0 aliphatic carbocycles. The van der Waals surface area contributed by atoms with E-state index in [0.717, 1.165) is 11.1 Å². The fraction of sp³-hybridized carbons (Fsp3) is 0.227. The summed E-state index contributed by atoms with van der Waals surface area (Å²) in [5.74, 6) is -0.900. The van der Waals surface area contributed by atoms with Gasteiger partial charge in [0.25, 0.3) is 0 Å². The van der Waals surface area contributed by atoms with Gasteiger partial charge in [0.2, 0.25) is 0 Å². The lowest BCUT2D eigenvalue weighted by Crippen LogP contribution is -2.32. The van der Waals surface area contributed by atoms with E-state index in [4.69, 9.17) is 9.47 Å². The molecule has 1 unspecified atom stereocenters. The Hall–Kier alpha value is -3.21. The number of rotatable bonds is 7. The molecule has 0 amide bonds. The average Bonchev–Trinajstić information content (AvgIpc) is 2.65. The second-order valence-electron chi connectivity index (χ2n) is 5.93. The number of nitrogens with zero attached hydrogens (tertiary/aromatic N) is 1. The lowest BCUT2D eigenvalue weighted by molar-refractivity contribution is -0.150. The second-order valence-corrected chi connectivity index (χ2v) is 5.93. The Bertz CT molecular complexity index is 855. The van der Waals surface area contributed by atoms with Gasteiger partial charge in [-0.2, -0.15) is 0 Å². The van der Waals surface area contributed by atoms with Crippen LogP contribution in [0, 0.1) is 6.92 Å². The summed E-state index contributed by atoms with van der Waals surface area (Å²) in [6.07, 6.45) is 4.42. The topological polar surface area (TPSA) is 65.5 Å². The number of hydrogen-bond donors (Lipinski definition) is 0. The van der Waals surface area contributed by atoms with Crippen LogP contribution in [-0.4, -0.2) is 23.5 Å². The number of hydrogen-bond acceptors (Lipinski definition) is 5. The molecule has 2 aromatic rings. The lowest BCUT2D eigenvalue weighted by atomic mass is 9.89. The highest BCUT2D eigenvalue weighted by Gasteiger charge is 2.36. The van der Waals surface area contributed by atoms with Crippen LogP contribution in [0.1, 0.15) is 36.4 Å². The summed E-state index contributed by atoms with van der Waals surface area (Å²) in [4.78, 5) is 27.9. The van der Waals surface area contributed by atoms with Crippen LogP contribution in [0.25, 0.3) is 6.08 Å². The molecule has 27 heavy (non-hydrogen) atoms. The Morgan fingerprint density at radius 2 is 1.89 bits per heavy atom. The maximum atomic E-state index is 11.8. The molecule has 0 fully saturated rings. The van der Waals surface area contributed by atoms with E-state index < -0.39 is 17.5 Å². The summed E-state index contributed by atoms with van der Waals surface area (Å²) in [7, 11) is 0. The van der Waals surface area contributed by atoms with E-state index in [9.17, 15) is 9.59 Å². The van der Waals surface area contributed by atoms with Crippen LogP contribution in [0.3, 0.4) is 0 Å². The molecule has 0 aliphatic heterocycles. The maximum Gasteiger partial charge on any atom is 0.330 e. The summed E-state index contributed by atoms with van der Waals surface area (Å²) in [6, 6.07) is 12.9. The molecule has 5 nitrogen and oxygen atoms in total. The van der Waals surface area contributed by atoms with E-state index in [0.29, 0.717) is 18.0 Å². The molecule has 0 saturated carbocycles. The molecule has 0 spiro atoms. The minimum atomic E-state index is -1.23. The summed E-state index contributed by atoms with van der Waals surface area (Å²) in [6.45, 7) is 9.24. The highest BCUT2D eigenvalue weighted by Crippen LogP contribution is 2.34. The Labute approximate surface area is 159 Å². The van der Waals surface area contributed by atoms with Crippen molar-refractivity contribution in [3.63, 3.8) is 0 Å². The molecule has 1 heterocycles. The monoisotopic (exact) mass is 365 g/mol. The molecular weight excluding hydrogens is 342 g/mol. The Morgan fingerprint density at radius 3 is 2.48 bits per heavy atom. The third-order valence-electron chi connectivity index (χ3n) is 3.90. The molecule has 5 heteroatoms. The van der Waals surface area contributed by atoms with Crippen molar-refractivity contribution in [2.75, 3.05) is 6.61 Å². The third-order valence-corrected chi connectivity index (χ3v) is 3.90. The smallest absolute Gasteiger partial charge is 0.330 e. The van der Waals surface area contributed by atoms with E-state index >= 15 is 0 Å². The van der Waals surface area contributed by atoms with Gasteiger partial charge in [0.15, 0.2) is 5.60 Å². The molecule has 1 aromatic heterocycles. The Kier molecular flexibility index (Phi) is 6.66. The van der Waals surface area contributed by atoms with Gasteiger partial charge in [0.1, 0.15) is 0 Å². The van der Waals surface area contributed by atoms with Gasteiger partial charge in [-0.1, -0.05) is 42.5 Å². The number of carbonyl (C=O) groups is 2. The molecule has 0 bridgehead atoms. The number of pyridine rings is 1. The number of ether oxygens (including phenoxy) is 2. The van der Waals surface area contributed by atoms with E-state index in [1.807, 2.05) is 31.2 Å². The highest BCUT2D eigenvalue weighted by molar-refractivity contribution is 5.86.